The second-order valence-corrected chi connectivity index (χ2v) is 7.36. The van der Waals surface area contributed by atoms with Gasteiger partial charge in [-0.15, -0.1) is 6.58 Å². The first-order valence-corrected chi connectivity index (χ1v) is 10.1. The van der Waals surface area contributed by atoms with Gasteiger partial charge in [0.25, 0.3) is 0 Å². The van der Waals surface area contributed by atoms with Crippen molar-refractivity contribution >= 4 is 11.6 Å². The van der Waals surface area contributed by atoms with E-state index in [0.29, 0.717) is 24.0 Å². The van der Waals surface area contributed by atoms with Gasteiger partial charge in [-0.3, -0.25) is 9.59 Å². The highest BCUT2D eigenvalue weighted by atomic mass is 16.2. The van der Waals surface area contributed by atoms with Gasteiger partial charge in [-0.25, -0.2) is 0 Å². The number of fused-ring (bicyclic) bond motifs is 1. The largest absolute Gasteiger partial charge is 0.293 e. The van der Waals surface area contributed by atoms with Crippen molar-refractivity contribution in [3.05, 3.63) is 60.2 Å². The van der Waals surface area contributed by atoms with Crippen LogP contribution in [0.4, 0.5) is 0 Å². The maximum atomic E-state index is 12.9. The van der Waals surface area contributed by atoms with Crippen LogP contribution in [-0.4, -0.2) is 11.6 Å². The summed E-state index contributed by atoms with van der Waals surface area (Å²) in [5, 5.41) is 0. The Bertz CT molecular complexity index is 619. The molecule has 1 aliphatic carbocycles. The van der Waals surface area contributed by atoms with E-state index in [0.717, 1.165) is 6.42 Å². The molecule has 0 amide bonds. The lowest BCUT2D eigenvalue weighted by atomic mass is 9.76. The van der Waals surface area contributed by atoms with Gasteiger partial charge in [0, 0.05) is 11.1 Å². The van der Waals surface area contributed by atoms with Gasteiger partial charge < -0.3 is 0 Å². The predicted octanol–water partition coefficient (Wildman–Crippen LogP) is 6.72. The minimum Gasteiger partial charge on any atom is -0.293 e. The van der Waals surface area contributed by atoms with Crippen molar-refractivity contribution in [2.45, 2.75) is 71.1 Å². The Morgan fingerprint density at radius 1 is 0.846 bits per heavy atom. The summed E-state index contributed by atoms with van der Waals surface area (Å²) < 4.78 is 0. The van der Waals surface area contributed by atoms with Gasteiger partial charge in [-0.1, -0.05) is 87.9 Å². The fraction of sp³-hybridized carbons (Fsp3) is 0.500. The maximum absolute atomic E-state index is 12.9. The number of carbonyl (C=O) groups is 2. The van der Waals surface area contributed by atoms with Crippen molar-refractivity contribution in [2.24, 2.45) is 5.41 Å². The van der Waals surface area contributed by atoms with Gasteiger partial charge in [-0.05, 0) is 25.7 Å². The van der Waals surface area contributed by atoms with Crippen LogP contribution in [0.15, 0.2) is 49.1 Å². The van der Waals surface area contributed by atoms with Crippen molar-refractivity contribution in [3.8, 4) is 0 Å². The fourth-order valence-corrected chi connectivity index (χ4v) is 3.82. The van der Waals surface area contributed by atoms with Crippen LogP contribution in [0.1, 0.15) is 91.8 Å². The number of Topliss-reactive ketones (excluding diaryl/α,β-unsaturated/α-hetero) is 2. The molecule has 0 N–H and O–H groups in total. The molecule has 26 heavy (non-hydrogen) atoms. The summed E-state index contributed by atoms with van der Waals surface area (Å²) in [4.78, 5) is 25.8. The lowest BCUT2D eigenvalue weighted by Crippen LogP contribution is -2.32. The molecule has 140 valence electrons. The monoisotopic (exact) mass is 352 g/mol. The molecule has 0 radical (unpaired) electrons. The van der Waals surface area contributed by atoms with Crippen molar-refractivity contribution in [2.75, 3.05) is 0 Å². The van der Waals surface area contributed by atoms with E-state index in [2.05, 4.69) is 19.6 Å². The molecule has 0 fully saturated rings. The zero-order chi connectivity index (χ0) is 18.8. The molecule has 0 atom stereocenters. The summed E-state index contributed by atoms with van der Waals surface area (Å²) in [5.74, 6) is -0.0860. The minimum atomic E-state index is -0.970. The number of allylic oxidation sites excluding steroid dienone is 3. The first-order valence-electron chi connectivity index (χ1n) is 10.1. The number of carbonyl (C=O) groups excluding carboxylic acids is 2. The van der Waals surface area contributed by atoms with E-state index in [-0.39, 0.29) is 11.6 Å². The summed E-state index contributed by atoms with van der Waals surface area (Å²) in [6.07, 6.45) is 16.8. The van der Waals surface area contributed by atoms with Gasteiger partial charge >= 0.3 is 0 Å². The van der Waals surface area contributed by atoms with E-state index < -0.39 is 5.41 Å². The average molecular weight is 353 g/mol. The zero-order valence-electron chi connectivity index (χ0n) is 16.1. The van der Waals surface area contributed by atoms with E-state index in [9.17, 15) is 9.59 Å². The van der Waals surface area contributed by atoms with E-state index in [1.165, 1.54) is 44.9 Å². The van der Waals surface area contributed by atoms with Crippen LogP contribution < -0.4 is 0 Å². The standard InChI is InChI=1S/C24H32O2/c1-3-5-6-7-8-9-10-11-12-15-19-24(18-4-2)22(25)20-16-13-14-17-21(20)23(24)26/h4,12-17H,2-3,5-11,18-19H2,1H3/b15-12+. The Hall–Kier alpha value is -1.96. The number of benzene rings is 1. The lowest BCUT2D eigenvalue weighted by Gasteiger charge is -2.22. The topological polar surface area (TPSA) is 34.1 Å². The predicted molar refractivity (Wildman–Crippen MR) is 109 cm³/mol. The second-order valence-electron chi connectivity index (χ2n) is 7.36. The summed E-state index contributed by atoms with van der Waals surface area (Å²) in [7, 11) is 0. The summed E-state index contributed by atoms with van der Waals surface area (Å²) >= 11 is 0. The second kappa shape index (κ2) is 10.3. The van der Waals surface area contributed by atoms with E-state index in [1.54, 1.807) is 18.2 Å². The first kappa shape index (κ1) is 20.4. The minimum absolute atomic E-state index is 0.0430. The molecule has 0 saturated carbocycles. The number of rotatable bonds is 12. The third-order valence-corrected chi connectivity index (χ3v) is 5.39. The highest BCUT2D eigenvalue weighted by Crippen LogP contribution is 2.42. The Balaban J connectivity index is 1.87. The molecule has 2 heteroatoms. The van der Waals surface area contributed by atoms with Crippen LogP contribution in [0.25, 0.3) is 0 Å². The molecule has 1 aromatic rings. The first-order chi connectivity index (χ1) is 12.7. The van der Waals surface area contributed by atoms with Crippen molar-refractivity contribution in [3.63, 3.8) is 0 Å². The number of ketones is 2. The average Bonchev–Trinajstić information content (AvgIpc) is 2.86. The lowest BCUT2D eigenvalue weighted by molar-refractivity contribution is 0.0703. The molecule has 0 unspecified atom stereocenters. The van der Waals surface area contributed by atoms with Gasteiger partial charge in [0.05, 0.1) is 0 Å². The molecule has 0 heterocycles. The quantitative estimate of drug-likeness (QED) is 0.238. The van der Waals surface area contributed by atoms with Crippen LogP contribution in [0.5, 0.6) is 0 Å². The number of unbranched alkanes of at least 4 members (excludes halogenated alkanes) is 7. The third-order valence-electron chi connectivity index (χ3n) is 5.39. The van der Waals surface area contributed by atoms with Gasteiger partial charge in [0.2, 0.25) is 0 Å². The van der Waals surface area contributed by atoms with Crippen LogP contribution in [0.2, 0.25) is 0 Å². The number of hydrogen-bond acceptors (Lipinski definition) is 2. The third kappa shape index (κ3) is 4.60. The number of hydrogen-bond donors (Lipinski definition) is 0. The Morgan fingerprint density at radius 3 is 2.00 bits per heavy atom. The highest BCUT2D eigenvalue weighted by molar-refractivity contribution is 6.29. The molecule has 0 aromatic heterocycles. The molecule has 0 saturated heterocycles. The molecule has 2 rings (SSSR count). The zero-order valence-corrected chi connectivity index (χ0v) is 16.1. The summed E-state index contributed by atoms with van der Waals surface area (Å²) in [5.41, 5.74) is 0.168. The molecule has 1 aromatic carbocycles. The van der Waals surface area contributed by atoms with Crippen molar-refractivity contribution in [1.82, 2.24) is 0 Å². The normalized spacial score (nSPS) is 15.6. The van der Waals surface area contributed by atoms with E-state index >= 15 is 0 Å². The Kier molecular flexibility index (Phi) is 8.03. The molecular formula is C24H32O2. The van der Waals surface area contributed by atoms with Crippen LogP contribution in [-0.2, 0) is 0 Å². The smallest absolute Gasteiger partial charge is 0.178 e. The van der Waals surface area contributed by atoms with E-state index in [4.69, 9.17) is 0 Å². The van der Waals surface area contributed by atoms with Gasteiger partial charge in [-0.2, -0.15) is 0 Å². The van der Waals surface area contributed by atoms with E-state index in [1.807, 2.05) is 18.2 Å². The van der Waals surface area contributed by atoms with Gasteiger partial charge in [0.15, 0.2) is 11.6 Å². The maximum Gasteiger partial charge on any atom is 0.178 e. The molecule has 1 aliphatic rings. The Labute approximate surface area is 158 Å². The molecule has 0 bridgehead atoms. The summed E-state index contributed by atoms with van der Waals surface area (Å²) in [6, 6.07) is 7.18. The molecule has 2 nitrogen and oxygen atoms in total. The molecule has 0 spiro atoms. The molecule has 0 aliphatic heterocycles. The van der Waals surface area contributed by atoms with Crippen molar-refractivity contribution in [1.29, 1.82) is 0 Å². The van der Waals surface area contributed by atoms with Crippen molar-refractivity contribution < 1.29 is 9.59 Å². The summed E-state index contributed by atoms with van der Waals surface area (Å²) in [6.45, 7) is 6.01. The van der Waals surface area contributed by atoms with Crippen LogP contribution in [0, 0.1) is 5.41 Å². The van der Waals surface area contributed by atoms with Crippen LogP contribution >= 0.6 is 0 Å². The SMILES string of the molecule is C=CCC1(C/C=C/CCCCCCCCC)C(=O)c2ccccc2C1=O. The Morgan fingerprint density at radius 2 is 1.42 bits per heavy atom. The fourth-order valence-electron chi connectivity index (χ4n) is 3.82. The van der Waals surface area contributed by atoms with Gasteiger partial charge in [0.1, 0.15) is 5.41 Å². The molecular weight excluding hydrogens is 320 g/mol. The van der Waals surface area contributed by atoms with Crippen LogP contribution in [0.3, 0.4) is 0 Å². The highest BCUT2D eigenvalue weighted by Gasteiger charge is 2.50.